The summed E-state index contributed by atoms with van der Waals surface area (Å²) in [4.78, 5) is 39.8. The van der Waals surface area contributed by atoms with Crippen LogP contribution in [0.4, 0.5) is 4.79 Å². The standard InChI is InChI=1S/C22H23N5O3S/c1-25(19(28)10-5-11-26-20(29)13-23-22(26)30)14-16-15-27(17-7-3-2-4-8-17)24-21(16)18-9-6-12-31-18/h2-4,6-9,12,15H,5,10-11,13-14H2,1H3,(H,23,30). The number of amides is 4. The quantitative estimate of drug-likeness (QED) is 0.549. The Morgan fingerprint density at radius 2 is 2.00 bits per heavy atom. The van der Waals surface area contributed by atoms with E-state index in [1.54, 1.807) is 23.3 Å². The molecule has 1 aliphatic heterocycles. The van der Waals surface area contributed by atoms with Crippen LogP contribution in [0.1, 0.15) is 18.4 Å². The normalized spacial score (nSPS) is 13.5. The first-order valence-corrected chi connectivity index (χ1v) is 10.9. The topological polar surface area (TPSA) is 87.5 Å². The van der Waals surface area contributed by atoms with Crippen LogP contribution in [0.3, 0.4) is 0 Å². The molecule has 1 fully saturated rings. The molecule has 1 aromatic carbocycles. The van der Waals surface area contributed by atoms with Gasteiger partial charge in [0.2, 0.25) is 11.8 Å². The number of urea groups is 1. The zero-order valence-corrected chi connectivity index (χ0v) is 18.0. The monoisotopic (exact) mass is 437 g/mol. The smallest absolute Gasteiger partial charge is 0.324 e. The summed E-state index contributed by atoms with van der Waals surface area (Å²) in [5, 5.41) is 9.25. The third kappa shape index (κ3) is 4.66. The maximum absolute atomic E-state index is 12.7. The molecular weight excluding hydrogens is 414 g/mol. The van der Waals surface area contributed by atoms with E-state index in [0.29, 0.717) is 13.0 Å². The largest absolute Gasteiger partial charge is 0.341 e. The van der Waals surface area contributed by atoms with Gasteiger partial charge in [-0.2, -0.15) is 5.10 Å². The third-order valence-electron chi connectivity index (χ3n) is 5.11. The molecular formula is C22H23N5O3S. The summed E-state index contributed by atoms with van der Waals surface area (Å²) >= 11 is 1.61. The second-order valence-corrected chi connectivity index (χ2v) is 8.27. The fourth-order valence-electron chi connectivity index (χ4n) is 3.46. The van der Waals surface area contributed by atoms with Crippen LogP contribution >= 0.6 is 11.3 Å². The van der Waals surface area contributed by atoms with Crippen molar-refractivity contribution in [1.82, 2.24) is 24.9 Å². The molecule has 1 aliphatic rings. The molecule has 3 aromatic rings. The van der Waals surface area contributed by atoms with Crippen LogP contribution in [0.15, 0.2) is 54.0 Å². The molecule has 0 saturated carbocycles. The lowest BCUT2D eigenvalue weighted by molar-refractivity contribution is -0.131. The van der Waals surface area contributed by atoms with E-state index in [9.17, 15) is 14.4 Å². The first-order chi connectivity index (χ1) is 15.0. The summed E-state index contributed by atoms with van der Waals surface area (Å²) in [5.41, 5.74) is 2.77. The molecule has 9 heteroatoms. The predicted molar refractivity (Wildman–Crippen MR) is 118 cm³/mol. The number of hydrogen-bond acceptors (Lipinski definition) is 5. The van der Waals surface area contributed by atoms with Gasteiger partial charge in [0.1, 0.15) is 5.69 Å². The Labute approximate surface area is 184 Å². The molecule has 1 saturated heterocycles. The highest BCUT2D eigenvalue weighted by Gasteiger charge is 2.28. The number of benzene rings is 1. The number of aromatic nitrogens is 2. The Kier molecular flexibility index (Phi) is 6.13. The fourth-order valence-corrected chi connectivity index (χ4v) is 4.21. The molecule has 4 rings (SSSR count). The van der Waals surface area contributed by atoms with Crippen molar-refractivity contribution in [2.75, 3.05) is 20.1 Å². The zero-order valence-electron chi connectivity index (χ0n) is 17.2. The maximum atomic E-state index is 12.7. The minimum Gasteiger partial charge on any atom is -0.341 e. The second kappa shape index (κ2) is 9.13. The number of nitrogens with one attached hydrogen (secondary N) is 1. The summed E-state index contributed by atoms with van der Waals surface area (Å²) in [5.74, 6) is -0.295. The van der Waals surface area contributed by atoms with Crippen molar-refractivity contribution in [3.63, 3.8) is 0 Å². The lowest BCUT2D eigenvalue weighted by atomic mass is 10.2. The van der Waals surface area contributed by atoms with E-state index < -0.39 is 0 Å². The van der Waals surface area contributed by atoms with Crippen LogP contribution < -0.4 is 5.32 Å². The van der Waals surface area contributed by atoms with Gasteiger partial charge in [-0.05, 0) is 30.0 Å². The summed E-state index contributed by atoms with van der Waals surface area (Å²) in [6, 6.07) is 13.5. The van der Waals surface area contributed by atoms with Crippen molar-refractivity contribution >= 4 is 29.2 Å². The molecule has 8 nitrogen and oxygen atoms in total. The molecule has 0 radical (unpaired) electrons. The van der Waals surface area contributed by atoms with Gasteiger partial charge in [0.05, 0.1) is 17.1 Å². The van der Waals surface area contributed by atoms with Gasteiger partial charge in [-0.15, -0.1) is 11.3 Å². The average Bonchev–Trinajstić information content (AvgIpc) is 3.51. The summed E-state index contributed by atoms with van der Waals surface area (Å²) in [6.45, 7) is 0.697. The van der Waals surface area contributed by atoms with E-state index >= 15 is 0 Å². The zero-order chi connectivity index (χ0) is 21.8. The minimum absolute atomic E-state index is 0.0313. The molecule has 31 heavy (non-hydrogen) atoms. The van der Waals surface area contributed by atoms with Gasteiger partial charge < -0.3 is 10.2 Å². The number of rotatable bonds is 8. The van der Waals surface area contributed by atoms with Crippen LogP contribution in [0.2, 0.25) is 0 Å². The van der Waals surface area contributed by atoms with Crippen molar-refractivity contribution in [2.24, 2.45) is 0 Å². The van der Waals surface area contributed by atoms with E-state index in [-0.39, 0.29) is 37.4 Å². The lowest BCUT2D eigenvalue weighted by Gasteiger charge is -2.18. The number of nitrogens with zero attached hydrogens (tertiary/aromatic N) is 4. The molecule has 0 unspecified atom stereocenters. The van der Waals surface area contributed by atoms with E-state index in [0.717, 1.165) is 26.7 Å². The van der Waals surface area contributed by atoms with Gasteiger partial charge in [-0.3, -0.25) is 14.5 Å². The molecule has 3 heterocycles. The van der Waals surface area contributed by atoms with Crippen molar-refractivity contribution in [2.45, 2.75) is 19.4 Å². The molecule has 0 spiro atoms. The number of imide groups is 1. The maximum Gasteiger partial charge on any atom is 0.324 e. The SMILES string of the molecule is CN(Cc1cn(-c2ccccc2)nc1-c1cccs1)C(=O)CCCN1C(=O)CNC1=O. The summed E-state index contributed by atoms with van der Waals surface area (Å²) in [6.07, 6.45) is 2.65. The molecule has 0 aliphatic carbocycles. The van der Waals surface area contributed by atoms with Gasteiger partial charge in [-0.25, -0.2) is 9.48 Å². The number of carbonyl (C=O) groups excluding carboxylic acids is 3. The van der Waals surface area contributed by atoms with Gasteiger partial charge >= 0.3 is 6.03 Å². The molecule has 1 N–H and O–H groups in total. The van der Waals surface area contributed by atoms with Crippen LogP contribution in [0.25, 0.3) is 16.3 Å². The van der Waals surface area contributed by atoms with E-state index in [1.165, 1.54) is 0 Å². The fraction of sp³-hybridized carbons (Fsp3) is 0.273. The first-order valence-electron chi connectivity index (χ1n) is 10.0. The molecule has 2 aromatic heterocycles. The Morgan fingerprint density at radius 3 is 2.68 bits per heavy atom. The Morgan fingerprint density at radius 1 is 1.19 bits per heavy atom. The van der Waals surface area contributed by atoms with Crippen molar-refractivity contribution < 1.29 is 14.4 Å². The highest BCUT2D eigenvalue weighted by Crippen LogP contribution is 2.28. The third-order valence-corrected chi connectivity index (χ3v) is 5.98. The second-order valence-electron chi connectivity index (χ2n) is 7.32. The van der Waals surface area contributed by atoms with Gasteiger partial charge in [-0.1, -0.05) is 24.3 Å². The first kappa shape index (κ1) is 20.8. The van der Waals surface area contributed by atoms with Crippen LogP contribution in [0, 0.1) is 0 Å². The Balaban J connectivity index is 1.43. The van der Waals surface area contributed by atoms with E-state index in [2.05, 4.69) is 5.32 Å². The summed E-state index contributed by atoms with van der Waals surface area (Å²) in [7, 11) is 1.76. The van der Waals surface area contributed by atoms with Gasteiger partial charge in [0.25, 0.3) is 0 Å². The van der Waals surface area contributed by atoms with Crippen LogP contribution in [-0.2, 0) is 16.1 Å². The lowest BCUT2D eigenvalue weighted by Crippen LogP contribution is -2.33. The molecule has 0 bridgehead atoms. The van der Waals surface area contributed by atoms with Gasteiger partial charge in [0, 0.05) is 38.3 Å². The van der Waals surface area contributed by atoms with E-state index in [4.69, 9.17) is 5.10 Å². The van der Waals surface area contributed by atoms with Crippen LogP contribution in [0.5, 0.6) is 0 Å². The highest BCUT2D eigenvalue weighted by atomic mass is 32.1. The van der Waals surface area contributed by atoms with Gasteiger partial charge in [0.15, 0.2) is 0 Å². The molecule has 160 valence electrons. The Hall–Kier alpha value is -3.46. The number of carbonyl (C=O) groups is 3. The summed E-state index contributed by atoms with van der Waals surface area (Å²) < 4.78 is 1.83. The van der Waals surface area contributed by atoms with Crippen molar-refractivity contribution in [3.05, 3.63) is 59.6 Å². The highest BCUT2D eigenvalue weighted by molar-refractivity contribution is 7.13. The molecule has 0 atom stereocenters. The van der Waals surface area contributed by atoms with E-state index in [1.807, 2.05) is 58.7 Å². The van der Waals surface area contributed by atoms with Crippen molar-refractivity contribution in [1.29, 1.82) is 0 Å². The Bertz CT molecular complexity index is 1060. The average molecular weight is 438 g/mol. The minimum atomic E-state index is -0.389. The number of hydrogen-bond donors (Lipinski definition) is 1. The molecule has 4 amide bonds. The van der Waals surface area contributed by atoms with Crippen LogP contribution in [-0.4, -0.2) is 57.6 Å². The predicted octanol–water partition coefficient (Wildman–Crippen LogP) is 2.89. The van der Waals surface area contributed by atoms with Crippen molar-refractivity contribution in [3.8, 4) is 16.3 Å². The number of para-hydroxylation sites is 1. The number of thiophene rings is 1.